The standard InChI is InChI=1S/C17H22O/c18-17(13-11-15-7-3-1-4-8-15)14-12-16-9-5-2-6-10-16/h1,3-4,7-8,12H,2,5-6,9-11,13-14H2. The molecular weight excluding hydrogens is 220 g/mol. The van der Waals surface area contributed by atoms with E-state index in [-0.39, 0.29) is 0 Å². The number of aryl methyl sites for hydroxylation is 1. The van der Waals surface area contributed by atoms with E-state index in [2.05, 4.69) is 18.2 Å². The Morgan fingerprint density at radius 1 is 1.06 bits per heavy atom. The Morgan fingerprint density at radius 3 is 2.50 bits per heavy atom. The first-order chi connectivity index (χ1) is 8.84. The van der Waals surface area contributed by atoms with Crippen molar-refractivity contribution in [3.05, 3.63) is 47.5 Å². The number of ketones is 1. The number of allylic oxidation sites excluding steroid dienone is 2. The van der Waals surface area contributed by atoms with Crippen LogP contribution in [-0.4, -0.2) is 5.78 Å². The molecule has 0 unspecified atom stereocenters. The molecule has 1 aromatic rings. The molecule has 0 atom stereocenters. The van der Waals surface area contributed by atoms with Gasteiger partial charge in [-0.1, -0.05) is 48.4 Å². The molecule has 0 heterocycles. The number of hydrogen-bond donors (Lipinski definition) is 0. The minimum absolute atomic E-state index is 0.372. The molecule has 18 heavy (non-hydrogen) atoms. The van der Waals surface area contributed by atoms with Gasteiger partial charge in [0.25, 0.3) is 0 Å². The van der Waals surface area contributed by atoms with Crippen LogP contribution in [0.15, 0.2) is 42.0 Å². The minimum Gasteiger partial charge on any atom is -0.299 e. The Balaban J connectivity index is 1.72. The monoisotopic (exact) mass is 242 g/mol. The number of carbonyl (C=O) groups excluding carboxylic acids is 1. The van der Waals surface area contributed by atoms with Gasteiger partial charge >= 0.3 is 0 Å². The molecule has 1 aromatic carbocycles. The van der Waals surface area contributed by atoms with Gasteiger partial charge in [-0.25, -0.2) is 0 Å². The van der Waals surface area contributed by atoms with Crippen molar-refractivity contribution < 1.29 is 4.79 Å². The molecule has 2 rings (SSSR count). The van der Waals surface area contributed by atoms with Gasteiger partial charge in [0, 0.05) is 12.8 Å². The fourth-order valence-corrected chi connectivity index (χ4v) is 2.50. The highest BCUT2D eigenvalue weighted by Gasteiger charge is 2.06. The van der Waals surface area contributed by atoms with Crippen molar-refractivity contribution in [3.8, 4) is 0 Å². The van der Waals surface area contributed by atoms with Gasteiger partial charge in [0.05, 0.1) is 0 Å². The van der Waals surface area contributed by atoms with E-state index in [1.54, 1.807) is 0 Å². The highest BCUT2D eigenvalue weighted by atomic mass is 16.1. The SMILES string of the molecule is O=C(CC=C1CCCCC1)CCc1ccccc1. The van der Waals surface area contributed by atoms with Crippen LogP contribution < -0.4 is 0 Å². The van der Waals surface area contributed by atoms with Gasteiger partial charge in [-0.15, -0.1) is 0 Å². The van der Waals surface area contributed by atoms with Crippen molar-refractivity contribution in [2.75, 3.05) is 0 Å². The van der Waals surface area contributed by atoms with E-state index in [1.165, 1.54) is 43.2 Å². The van der Waals surface area contributed by atoms with E-state index < -0.39 is 0 Å². The van der Waals surface area contributed by atoms with Crippen molar-refractivity contribution in [1.82, 2.24) is 0 Å². The molecule has 1 aliphatic carbocycles. The van der Waals surface area contributed by atoms with Gasteiger partial charge in [0.1, 0.15) is 5.78 Å². The van der Waals surface area contributed by atoms with E-state index in [0.29, 0.717) is 18.6 Å². The lowest BCUT2D eigenvalue weighted by Crippen LogP contribution is -2.00. The number of carbonyl (C=O) groups is 1. The van der Waals surface area contributed by atoms with Crippen molar-refractivity contribution in [2.45, 2.75) is 51.4 Å². The topological polar surface area (TPSA) is 17.1 Å². The Labute approximate surface area is 110 Å². The van der Waals surface area contributed by atoms with Crippen LogP contribution in [0.2, 0.25) is 0 Å². The smallest absolute Gasteiger partial charge is 0.136 e. The minimum atomic E-state index is 0.372. The third-order valence-electron chi connectivity index (χ3n) is 3.65. The van der Waals surface area contributed by atoms with Gasteiger partial charge in [-0.2, -0.15) is 0 Å². The summed E-state index contributed by atoms with van der Waals surface area (Å²) in [5.74, 6) is 0.372. The molecule has 0 amide bonds. The first kappa shape index (κ1) is 13.1. The molecule has 1 aliphatic rings. The molecule has 0 aliphatic heterocycles. The normalized spacial score (nSPS) is 15.4. The number of rotatable bonds is 5. The summed E-state index contributed by atoms with van der Waals surface area (Å²) in [6, 6.07) is 10.3. The van der Waals surface area contributed by atoms with Crippen LogP contribution in [0.3, 0.4) is 0 Å². The predicted octanol–water partition coefficient (Wildman–Crippen LogP) is 4.47. The molecule has 0 saturated heterocycles. The zero-order valence-corrected chi connectivity index (χ0v) is 11.0. The van der Waals surface area contributed by atoms with Crippen LogP contribution >= 0.6 is 0 Å². The quantitative estimate of drug-likeness (QED) is 0.696. The summed E-state index contributed by atoms with van der Waals surface area (Å²) < 4.78 is 0. The number of hydrogen-bond acceptors (Lipinski definition) is 1. The largest absolute Gasteiger partial charge is 0.299 e. The van der Waals surface area contributed by atoms with Crippen LogP contribution in [0.1, 0.15) is 50.5 Å². The Kier molecular flexibility index (Phi) is 5.19. The fraction of sp³-hybridized carbons (Fsp3) is 0.471. The summed E-state index contributed by atoms with van der Waals surface area (Å²) >= 11 is 0. The Hall–Kier alpha value is -1.37. The highest BCUT2D eigenvalue weighted by Crippen LogP contribution is 2.23. The molecule has 1 heteroatoms. The molecule has 96 valence electrons. The van der Waals surface area contributed by atoms with Crippen LogP contribution in [0.4, 0.5) is 0 Å². The molecule has 1 nitrogen and oxygen atoms in total. The van der Waals surface area contributed by atoms with Crippen LogP contribution in [0.5, 0.6) is 0 Å². The van der Waals surface area contributed by atoms with Crippen molar-refractivity contribution >= 4 is 5.78 Å². The molecule has 1 fully saturated rings. The third kappa shape index (κ3) is 4.48. The summed E-state index contributed by atoms with van der Waals surface area (Å²) in [7, 11) is 0. The first-order valence-corrected chi connectivity index (χ1v) is 7.08. The lowest BCUT2D eigenvalue weighted by molar-refractivity contribution is -0.118. The van der Waals surface area contributed by atoms with Gasteiger partial charge in [-0.3, -0.25) is 4.79 Å². The molecule has 0 spiro atoms. The van der Waals surface area contributed by atoms with Crippen molar-refractivity contribution in [2.24, 2.45) is 0 Å². The van der Waals surface area contributed by atoms with Crippen molar-refractivity contribution in [3.63, 3.8) is 0 Å². The summed E-state index contributed by atoms with van der Waals surface area (Å²) in [4.78, 5) is 11.8. The number of Topliss-reactive ketones (excluding diaryl/α,β-unsaturated/α-hetero) is 1. The zero-order chi connectivity index (χ0) is 12.6. The van der Waals surface area contributed by atoms with Gasteiger partial charge in [0.2, 0.25) is 0 Å². The lowest BCUT2D eigenvalue weighted by atomic mass is 9.93. The molecule has 1 saturated carbocycles. The van der Waals surface area contributed by atoms with Gasteiger partial charge < -0.3 is 0 Å². The molecular formula is C17H22O. The maximum absolute atomic E-state index is 11.8. The van der Waals surface area contributed by atoms with Gasteiger partial charge in [-0.05, 0) is 37.7 Å². The van der Waals surface area contributed by atoms with Crippen LogP contribution in [0.25, 0.3) is 0 Å². The number of benzene rings is 1. The van der Waals surface area contributed by atoms with E-state index in [1.807, 2.05) is 18.2 Å². The summed E-state index contributed by atoms with van der Waals surface area (Å²) in [6.45, 7) is 0. The maximum atomic E-state index is 11.8. The van der Waals surface area contributed by atoms with Crippen molar-refractivity contribution in [1.29, 1.82) is 0 Å². The average molecular weight is 242 g/mol. The molecule has 0 N–H and O–H groups in total. The first-order valence-electron chi connectivity index (χ1n) is 7.08. The maximum Gasteiger partial charge on any atom is 0.136 e. The average Bonchev–Trinajstić information content (AvgIpc) is 2.45. The van der Waals surface area contributed by atoms with Gasteiger partial charge in [0.15, 0.2) is 0 Å². The van der Waals surface area contributed by atoms with E-state index >= 15 is 0 Å². The summed E-state index contributed by atoms with van der Waals surface area (Å²) in [5, 5.41) is 0. The summed E-state index contributed by atoms with van der Waals surface area (Å²) in [5.41, 5.74) is 2.77. The predicted molar refractivity (Wildman–Crippen MR) is 75.6 cm³/mol. The lowest BCUT2D eigenvalue weighted by Gasteiger charge is -2.13. The Morgan fingerprint density at radius 2 is 1.78 bits per heavy atom. The van der Waals surface area contributed by atoms with Crippen LogP contribution in [0, 0.1) is 0 Å². The van der Waals surface area contributed by atoms with Crippen LogP contribution in [-0.2, 0) is 11.2 Å². The third-order valence-corrected chi connectivity index (χ3v) is 3.65. The summed E-state index contributed by atoms with van der Waals surface area (Å²) in [6.07, 6.45) is 10.8. The zero-order valence-electron chi connectivity index (χ0n) is 11.0. The Bertz CT molecular complexity index is 395. The highest BCUT2D eigenvalue weighted by molar-refractivity contribution is 5.80. The van der Waals surface area contributed by atoms with E-state index in [0.717, 1.165) is 6.42 Å². The second-order valence-electron chi connectivity index (χ2n) is 5.15. The van der Waals surface area contributed by atoms with E-state index in [4.69, 9.17) is 0 Å². The second-order valence-corrected chi connectivity index (χ2v) is 5.15. The molecule has 0 bridgehead atoms. The van der Waals surface area contributed by atoms with E-state index in [9.17, 15) is 4.79 Å². The fourth-order valence-electron chi connectivity index (χ4n) is 2.50. The molecule has 0 radical (unpaired) electrons. The molecule has 0 aromatic heterocycles. The second kappa shape index (κ2) is 7.15.